The van der Waals surface area contributed by atoms with Crippen LogP contribution in [-0.2, 0) is 0 Å². The quantitative estimate of drug-likeness (QED) is 0.833. The zero-order chi connectivity index (χ0) is 14.0. The molecule has 104 valence electrons. The van der Waals surface area contributed by atoms with E-state index in [1.807, 2.05) is 23.1 Å². The molecule has 1 aliphatic rings. The van der Waals surface area contributed by atoms with Gasteiger partial charge in [-0.05, 0) is 19.4 Å². The fourth-order valence-electron chi connectivity index (χ4n) is 2.27. The van der Waals surface area contributed by atoms with Crippen molar-refractivity contribution in [2.24, 2.45) is 0 Å². The van der Waals surface area contributed by atoms with Gasteiger partial charge in [-0.25, -0.2) is 0 Å². The first-order chi connectivity index (χ1) is 8.89. The highest BCUT2D eigenvalue weighted by Gasteiger charge is 2.35. The van der Waals surface area contributed by atoms with Gasteiger partial charge in [-0.2, -0.15) is 13.2 Å². The molecule has 0 saturated heterocycles. The molecule has 1 aromatic carbocycles. The predicted molar refractivity (Wildman–Crippen MR) is 68.0 cm³/mol. The first kappa shape index (κ1) is 13.9. The summed E-state index contributed by atoms with van der Waals surface area (Å²) in [7, 11) is 0. The third-order valence-electron chi connectivity index (χ3n) is 3.30. The van der Waals surface area contributed by atoms with Gasteiger partial charge in [0.15, 0.2) is 0 Å². The van der Waals surface area contributed by atoms with E-state index in [0.29, 0.717) is 6.54 Å². The molecule has 0 spiro atoms. The number of rotatable bonds is 2. The smallest absolute Gasteiger partial charge is 0.389 e. The molecule has 0 aromatic heterocycles. The summed E-state index contributed by atoms with van der Waals surface area (Å²) < 4.78 is 37.7. The third-order valence-corrected chi connectivity index (χ3v) is 3.30. The first-order valence-corrected chi connectivity index (χ1v) is 6.18. The van der Waals surface area contributed by atoms with Gasteiger partial charge < -0.3 is 10.0 Å². The predicted octanol–water partition coefficient (Wildman–Crippen LogP) is 3.44. The van der Waals surface area contributed by atoms with Crippen LogP contribution >= 0.6 is 0 Å². The summed E-state index contributed by atoms with van der Waals surface area (Å²) >= 11 is 0. The molecule has 0 unspecified atom stereocenters. The molecule has 1 heterocycles. The molecule has 1 aliphatic heterocycles. The largest absolute Gasteiger partial charge is 0.412 e. The molecular formula is C14H16F3NO. The maximum Gasteiger partial charge on any atom is 0.412 e. The van der Waals surface area contributed by atoms with Crippen molar-refractivity contribution in [3.63, 3.8) is 0 Å². The number of hydrogen-bond acceptors (Lipinski definition) is 2. The highest BCUT2D eigenvalue weighted by Crippen LogP contribution is 2.33. The Hall–Kier alpha value is -1.49. The van der Waals surface area contributed by atoms with E-state index in [1.165, 1.54) is 6.08 Å². The van der Waals surface area contributed by atoms with Gasteiger partial charge in [-0.3, -0.25) is 0 Å². The Balaban J connectivity index is 2.21. The Morgan fingerprint density at radius 3 is 2.47 bits per heavy atom. The summed E-state index contributed by atoms with van der Waals surface area (Å²) in [5, 5.41) is 9.69. The second-order valence-corrected chi connectivity index (χ2v) is 4.66. The van der Waals surface area contributed by atoms with E-state index in [-0.39, 0.29) is 13.0 Å². The van der Waals surface area contributed by atoms with Crippen LogP contribution in [0.2, 0.25) is 0 Å². The molecule has 0 radical (unpaired) electrons. The fourth-order valence-corrected chi connectivity index (χ4v) is 2.27. The van der Waals surface area contributed by atoms with Gasteiger partial charge >= 0.3 is 6.18 Å². The van der Waals surface area contributed by atoms with Crippen LogP contribution in [0, 0.1) is 0 Å². The van der Waals surface area contributed by atoms with Crippen LogP contribution in [0.5, 0.6) is 0 Å². The number of anilines is 1. The number of benzene rings is 1. The lowest BCUT2D eigenvalue weighted by Gasteiger charge is -2.31. The van der Waals surface area contributed by atoms with Crippen LogP contribution in [0.1, 0.15) is 25.0 Å². The minimum Gasteiger partial charge on any atom is -0.389 e. The Bertz CT molecular complexity index is 480. The summed E-state index contributed by atoms with van der Waals surface area (Å²) in [6.45, 7) is 2.19. The van der Waals surface area contributed by atoms with E-state index in [0.717, 1.165) is 11.3 Å². The summed E-state index contributed by atoms with van der Waals surface area (Å²) in [6, 6.07) is 7.26. The third kappa shape index (κ3) is 3.10. The van der Waals surface area contributed by atoms with E-state index in [2.05, 4.69) is 0 Å². The molecule has 0 amide bonds. The molecule has 0 saturated carbocycles. The minimum atomic E-state index is -4.23. The molecule has 0 bridgehead atoms. The number of aliphatic hydroxyl groups is 1. The molecule has 2 nitrogen and oxygen atoms in total. The second-order valence-electron chi connectivity index (χ2n) is 4.66. The maximum absolute atomic E-state index is 12.6. The zero-order valence-electron chi connectivity index (χ0n) is 10.6. The molecule has 1 atom stereocenters. The van der Waals surface area contributed by atoms with Crippen molar-refractivity contribution in [3.05, 3.63) is 41.5 Å². The standard InChI is InChI=1S/C14H16F3NO/c1-10(19)12-4-2-3-5-13(12)18-8-6-11(7-9-18)14(15,16)17/h2-6,10,19H,7-9H2,1H3/t10-/m0/s1. The van der Waals surface area contributed by atoms with Crippen molar-refractivity contribution >= 4 is 5.69 Å². The van der Waals surface area contributed by atoms with E-state index in [9.17, 15) is 18.3 Å². The Morgan fingerprint density at radius 2 is 1.95 bits per heavy atom. The van der Waals surface area contributed by atoms with Crippen molar-refractivity contribution in [2.75, 3.05) is 18.0 Å². The van der Waals surface area contributed by atoms with Crippen LogP contribution in [0.4, 0.5) is 18.9 Å². The highest BCUT2D eigenvalue weighted by atomic mass is 19.4. The second kappa shape index (κ2) is 5.25. The van der Waals surface area contributed by atoms with Gasteiger partial charge in [-0.1, -0.05) is 24.3 Å². The number of aliphatic hydroxyl groups excluding tert-OH is 1. The van der Waals surface area contributed by atoms with Gasteiger partial charge in [0, 0.05) is 29.9 Å². The molecule has 2 rings (SSSR count). The number of alkyl halides is 3. The van der Waals surface area contributed by atoms with Gasteiger partial charge in [0.2, 0.25) is 0 Å². The summed E-state index contributed by atoms with van der Waals surface area (Å²) in [4.78, 5) is 1.86. The van der Waals surface area contributed by atoms with Crippen molar-refractivity contribution in [2.45, 2.75) is 25.6 Å². The van der Waals surface area contributed by atoms with Crippen molar-refractivity contribution in [1.29, 1.82) is 0 Å². The Kier molecular flexibility index (Phi) is 3.85. The van der Waals surface area contributed by atoms with Crippen LogP contribution in [0.15, 0.2) is 35.9 Å². The lowest BCUT2D eigenvalue weighted by atomic mass is 10.0. The normalized spacial score (nSPS) is 18.2. The molecule has 0 fully saturated rings. The molecule has 5 heteroatoms. The van der Waals surface area contributed by atoms with E-state index in [4.69, 9.17) is 0 Å². The fraction of sp³-hybridized carbons (Fsp3) is 0.429. The molecule has 0 aliphatic carbocycles. The highest BCUT2D eigenvalue weighted by molar-refractivity contribution is 5.55. The Labute approximate surface area is 110 Å². The summed E-state index contributed by atoms with van der Waals surface area (Å²) in [5.41, 5.74) is 1.08. The van der Waals surface area contributed by atoms with Crippen LogP contribution < -0.4 is 4.90 Å². The lowest BCUT2D eigenvalue weighted by Crippen LogP contribution is -2.32. The molecular weight excluding hydrogens is 255 g/mol. The average molecular weight is 271 g/mol. The first-order valence-electron chi connectivity index (χ1n) is 6.18. The van der Waals surface area contributed by atoms with E-state index in [1.54, 1.807) is 13.0 Å². The molecule has 1 aromatic rings. The van der Waals surface area contributed by atoms with Crippen LogP contribution in [-0.4, -0.2) is 24.4 Å². The van der Waals surface area contributed by atoms with Gasteiger partial charge in [0.1, 0.15) is 0 Å². The summed E-state index contributed by atoms with van der Waals surface area (Å²) in [6.07, 6.45) is -3.65. The van der Waals surface area contributed by atoms with E-state index < -0.39 is 17.9 Å². The van der Waals surface area contributed by atoms with Gasteiger partial charge in [0.05, 0.1) is 6.10 Å². The van der Waals surface area contributed by atoms with Crippen molar-refractivity contribution in [3.8, 4) is 0 Å². The van der Waals surface area contributed by atoms with Crippen LogP contribution in [0.3, 0.4) is 0 Å². The molecule has 1 N–H and O–H groups in total. The van der Waals surface area contributed by atoms with Crippen molar-refractivity contribution < 1.29 is 18.3 Å². The SMILES string of the molecule is C[C@H](O)c1ccccc1N1CC=C(C(F)(F)F)CC1. The minimum absolute atomic E-state index is 0.0162. The zero-order valence-corrected chi connectivity index (χ0v) is 10.6. The number of hydrogen-bond donors (Lipinski definition) is 1. The number of nitrogens with zero attached hydrogens (tertiary/aromatic N) is 1. The van der Waals surface area contributed by atoms with Gasteiger partial charge in [-0.15, -0.1) is 0 Å². The topological polar surface area (TPSA) is 23.5 Å². The van der Waals surface area contributed by atoms with Gasteiger partial charge in [0.25, 0.3) is 0 Å². The molecule has 19 heavy (non-hydrogen) atoms. The average Bonchev–Trinajstić information content (AvgIpc) is 2.38. The Morgan fingerprint density at radius 1 is 1.26 bits per heavy atom. The number of para-hydroxylation sites is 1. The van der Waals surface area contributed by atoms with Crippen LogP contribution in [0.25, 0.3) is 0 Å². The van der Waals surface area contributed by atoms with Crippen molar-refractivity contribution in [1.82, 2.24) is 0 Å². The lowest BCUT2D eigenvalue weighted by molar-refractivity contribution is -0.0944. The van der Waals surface area contributed by atoms with E-state index >= 15 is 0 Å². The monoisotopic (exact) mass is 271 g/mol. The summed E-state index contributed by atoms with van der Waals surface area (Å²) in [5.74, 6) is 0. The maximum atomic E-state index is 12.6. The number of halogens is 3.